The molecule has 4 rings (SSSR count). The first-order valence-electron chi connectivity index (χ1n) is 12.6. The maximum Gasteiger partial charge on any atom is 0.330 e. The van der Waals surface area contributed by atoms with Crippen LogP contribution in [0.4, 0.5) is 0 Å². The minimum absolute atomic E-state index is 0.0900. The van der Waals surface area contributed by atoms with Gasteiger partial charge in [-0.3, -0.25) is 4.79 Å². The molecule has 0 saturated heterocycles. The number of hydrogen-bond acceptors (Lipinski definition) is 4. The normalized spacial score (nSPS) is 17.3. The molecule has 0 aliphatic carbocycles. The summed E-state index contributed by atoms with van der Waals surface area (Å²) in [5.74, 6) is 0.459. The Morgan fingerprint density at radius 3 is 2.54 bits per heavy atom. The van der Waals surface area contributed by atoms with Crippen LogP contribution < -0.4 is 4.74 Å². The number of fused-ring (bicyclic) bond motifs is 5. The van der Waals surface area contributed by atoms with E-state index in [1.165, 1.54) is 11.6 Å². The number of hydrogen-bond donors (Lipinski definition) is 0. The van der Waals surface area contributed by atoms with Gasteiger partial charge < -0.3 is 18.9 Å². The third-order valence-electron chi connectivity index (χ3n) is 7.14. The lowest BCUT2D eigenvalue weighted by atomic mass is 9.80. The Kier molecular flexibility index (Phi) is 6.60. The zero-order chi connectivity index (χ0) is 25.5. The molecule has 1 aromatic carbocycles. The lowest BCUT2D eigenvalue weighted by molar-refractivity contribution is -0.137. The number of ether oxygens (including phenoxy) is 2. The molecule has 2 aromatic rings. The highest BCUT2D eigenvalue weighted by Crippen LogP contribution is 2.41. The molecule has 0 spiro atoms. The van der Waals surface area contributed by atoms with Crippen molar-refractivity contribution in [1.82, 2.24) is 9.47 Å². The molecule has 3 heterocycles. The number of amides is 1. The predicted octanol–water partition coefficient (Wildman–Crippen LogP) is 5.51. The molecule has 0 saturated carbocycles. The van der Waals surface area contributed by atoms with Crippen LogP contribution in [0.5, 0.6) is 5.75 Å². The fourth-order valence-corrected chi connectivity index (χ4v) is 5.31. The van der Waals surface area contributed by atoms with Gasteiger partial charge in [0.2, 0.25) is 0 Å². The SMILES string of the molecule is CCOC(=O)C=Cc1cc2c(cc1OC)CCn1c-2cc2c1C(=O)N(C(C)(C)C)CCC(C)(C)C2. The summed E-state index contributed by atoms with van der Waals surface area (Å²) < 4.78 is 12.9. The molecule has 188 valence electrons. The first kappa shape index (κ1) is 25.1. The third kappa shape index (κ3) is 4.89. The monoisotopic (exact) mass is 478 g/mol. The standard InChI is InChI=1S/C29H38N2O4/c1-8-35-25(32)10-9-20-15-22-19(17-24(20)34-7)11-13-30-23(22)16-21-18-29(5,6)12-14-31(28(2,3)4)27(33)26(21)30/h9-10,15-17H,8,11-14,18H2,1-7H3. The van der Waals surface area contributed by atoms with Crippen molar-refractivity contribution >= 4 is 18.0 Å². The summed E-state index contributed by atoms with van der Waals surface area (Å²) in [6.45, 7) is 14.6. The number of benzene rings is 1. The van der Waals surface area contributed by atoms with Gasteiger partial charge in [-0.25, -0.2) is 4.79 Å². The molecule has 0 unspecified atom stereocenters. The second-order valence-corrected chi connectivity index (χ2v) is 11.4. The average molecular weight is 479 g/mol. The minimum atomic E-state index is -0.381. The van der Waals surface area contributed by atoms with Crippen LogP contribution in [0.25, 0.3) is 17.3 Å². The lowest BCUT2D eigenvalue weighted by Gasteiger charge is -2.40. The van der Waals surface area contributed by atoms with Crippen LogP contribution in [0.1, 0.15) is 75.1 Å². The number of aryl methyl sites for hydroxylation is 1. The quantitative estimate of drug-likeness (QED) is 0.429. The summed E-state index contributed by atoms with van der Waals surface area (Å²) in [4.78, 5) is 27.9. The molecule has 0 fully saturated rings. The van der Waals surface area contributed by atoms with E-state index in [9.17, 15) is 9.59 Å². The second kappa shape index (κ2) is 9.21. The molecule has 1 amide bonds. The largest absolute Gasteiger partial charge is 0.496 e. The first-order chi connectivity index (χ1) is 16.4. The van der Waals surface area contributed by atoms with Gasteiger partial charge in [-0.1, -0.05) is 13.8 Å². The smallest absolute Gasteiger partial charge is 0.330 e. The van der Waals surface area contributed by atoms with E-state index in [4.69, 9.17) is 9.47 Å². The lowest BCUT2D eigenvalue weighted by Crippen LogP contribution is -2.49. The molecule has 2 aliphatic heterocycles. The molecule has 2 aliphatic rings. The van der Waals surface area contributed by atoms with Crippen molar-refractivity contribution < 1.29 is 19.1 Å². The van der Waals surface area contributed by atoms with E-state index in [0.29, 0.717) is 6.61 Å². The molecule has 0 atom stereocenters. The molecule has 6 nitrogen and oxygen atoms in total. The Morgan fingerprint density at radius 2 is 1.89 bits per heavy atom. The predicted molar refractivity (Wildman–Crippen MR) is 139 cm³/mol. The van der Waals surface area contributed by atoms with Crippen LogP contribution in [-0.4, -0.2) is 47.1 Å². The van der Waals surface area contributed by atoms with E-state index >= 15 is 0 Å². The van der Waals surface area contributed by atoms with Crippen LogP contribution in [0.15, 0.2) is 24.3 Å². The van der Waals surface area contributed by atoms with Gasteiger partial charge in [0.1, 0.15) is 11.4 Å². The number of carbonyl (C=O) groups is 2. The van der Waals surface area contributed by atoms with Crippen molar-refractivity contribution in [1.29, 1.82) is 0 Å². The Bertz CT molecular complexity index is 1180. The molecule has 0 bridgehead atoms. The molecule has 0 N–H and O–H groups in total. The molecular formula is C29H38N2O4. The highest BCUT2D eigenvalue weighted by Gasteiger charge is 2.37. The molecule has 1 aromatic heterocycles. The van der Waals surface area contributed by atoms with E-state index in [0.717, 1.165) is 66.2 Å². The molecule has 35 heavy (non-hydrogen) atoms. The van der Waals surface area contributed by atoms with Crippen molar-refractivity contribution in [3.05, 3.63) is 46.7 Å². The van der Waals surface area contributed by atoms with E-state index in [-0.39, 0.29) is 22.8 Å². The Labute approximate surface area is 208 Å². The Hall–Kier alpha value is -3.02. The number of carbonyl (C=O) groups excluding carboxylic acids is 2. The Morgan fingerprint density at radius 1 is 1.14 bits per heavy atom. The first-order valence-corrected chi connectivity index (χ1v) is 12.6. The summed E-state index contributed by atoms with van der Waals surface area (Å²) in [7, 11) is 1.64. The number of methoxy groups -OCH3 is 1. The van der Waals surface area contributed by atoms with Crippen LogP contribution in [-0.2, 0) is 28.9 Å². The van der Waals surface area contributed by atoms with Crippen molar-refractivity contribution in [2.45, 2.75) is 72.9 Å². The van der Waals surface area contributed by atoms with Gasteiger partial charge in [-0.2, -0.15) is 0 Å². The zero-order valence-electron chi connectivity index (χ0n) is 22.2. The number of esters is 1. The molecule has 0 radical (unpaired) electrons. The van der Waals surface area contributed by atoms with Crippen LogP contribution in [0.3, 0.4) is 0 Å². The van der Waals surface area contributed by atoms with Gasteiger partial charge in [0.15, 0.2) is 0 Å². The van der Waals surface area contributed by atoms with E-state index in [2.05, 4.69) is 57.4 Å². The average Bonchev–Trinajstić information content (AvgIpc) is 3.12. The van der Waals surface area contributed by atoms with Gasteiger partial charge in [0.05, 0.1) is 13.7 Å². The fourth-order valence-electron chi connectivity index (χ4n) is 5.31. The summed E-state index contributed by atoms with van der Waals surface area (Å²) in [5.41, 5.74) is 5.93. The van der Waals surface area contributed by atoms with Crippen LogP contribution in [0.2, 0.25) is 0 Å². The number of rotatable bonds is 4. The summed E-state index contributed by atoms with van der Waals surface area (Å²) in [6.07, 6.45) is 5.82. The van der Waals surface area contributed by atoms with E-state index < -0.39 is 0 Å². The zero-order valence-corrected chi connectivity index (χ0v) is 22.2. The minimum Gasteiger partial charge on any atom is -0.496 e. The third-order valence-corrected chi connectivity index (χ3v) is 7.14. The van der Waals surface area contributed by atoms with Crippen molar-refractivity contribution in [3.63, 3.8) is 0 Å². The second-order valence-electron chi connectivity index (χ2n) is 11.4. The highest BCUT2D eigenvalue weighted by molar-refractivity contribution is 5.97. The summed E-state index contributed by atoms with van der Waals surface area (Å²) in [5, 5.41) is 0. The van der Waals surface area contributed by atoms with Crippen molar-refractivity contribution in [3.8, 4) is 17.0 Å². The number of aromatic nitrogens is 1. The Balaban J connectivity index is 1.85. The van der Waals surface area contributed by atoms with E-state index in [1.54, 1.807) is 20.1 Å². The van der Waals surface area contributed by atoms with Gasteiger partial charge in [0.25, 0.3) is 5.91 Å². The maximum absolute atomic E-state index is 13.9. The fraction of sp³-hybridized carbons (Fsp3) is 0.517. The summed E-state index contributed by atoms with van der Waals surface area (Å²) in [6, 6.07) is 6.34. The van der Waals surface area contributed by atoms with Gasteiger partial charge >= 0.3 is 5.97 Å². The number of nitrogens with zero attached hydrogens (tertiary/aromatic N) is 2. The van der Waals surface area contributed by atoms with E-state index in [1.807, 2.05) is 4.90 Å². The summed E-state index contributed by atoms with van der Waals surface area (Å²) >= 11 is 0. The topological polar surface area (TPSA) is 60.8 Å². The molecular weight excluding hydrogens is 440 g/mol. The van der Waals surface area contributed by atoms with Gasteiger partial charge in [-0.15, -0.1) is 0 Å². The maximum atomic E-state index is 13.9. The van der Waals surface area contributed by atoms with Gasteiger partial charge in [-0.05, 0) is 87.8 Å². The van der Waals surface area contributed by atoms with Crippen LogP contribution in [0, 0.1) is 5.41 Å². The highest BCUT2D eigenvalue weighted by atomic mass is 16.5. The van der Waals surface area contributed by atoms with Crippen molar-refractivity contribution in [2.75, 3.05) is 20.3 Å². The molecule has 6 heteroatoms. The van der Waals surface area contributed by atoms with Gasteiger partial charge in [0, 0.05) is 41.5 Å². The van der Waals surface area contributed by atoms with Crippen LogP contribution >= 0.6 is 0 Å². The van der Waals surface area contributed by atoms with Crippen molar-refractivity contribution in [2.24, 2.45) is 5.41 Å².